The molecule has 1 aliphatic rings. The van der Waals surface area contributed by atoms with Crippen LogP contribution in [0.1, 0.15) is 12.8 Å². The average Bonchev–Trinajstić information content (AvgIpc) is 3.41. The van der Waals surface area contributed by atoms with Crippen LogP contribution in [0.2, 0.25) is 0 Å². The van der Waals surface area contributed by atoms with Crippen LogP contribution in [0.5, 0.6) is 5.75 Å². The lowest BCUT2D eigenvalue weighted by atomic mass is 9.98. The van der Waals surface area contributed by atoms with Gasteiger partial charge >= 0.3 is 0 Å². The number of piperidine rings is 1. The van der Waals surface area contributed by atoms with Gasteiger partial charge in [-0.1, -0.05) is 6.07 Å². The van der Waals surface area contributed by atoms with E-state index < -0.39 is 0 Å². The first-order valence-corrected chi connectivity index (χ1v) is 8.98. The highest BCUT2D eigenvalue weighted by atomic mass is 16.5. The van der Waals surface area contributed by atoms with Crippen LogP contribution in [-0.2, 0) is 11.3 Å². The molecule has 0 bridgehead atoms. The van der Waals surface area contributed by atoms with Gasteiger partial charge in [0, 0.05) is 38.1 Å². The highest BCUT2D eigenvalue weighted by molar-refractivity contribution is 5.77. The van der Waals surface area contributed by atoms with Crippen molar-refractivity contribution >= 4 is 5.91 Å². The molecule has 1 atom stereocenters. The standard InChI is InChI=1S/C18H21N7O2/c26-18(24-7-2-3-15(11-24)10-23-8-6-19-13-23)12-27-17-5-1-4-16(9-17)25-14-20-21-22-25/h1,4-6,8-9,13-15H,2-3,7,10-12H2. The molecule has 1 aromatic carbocycles. The predicted molar refractivity (Wildman–Crippen MR) is 96.2 cm³/mol. The Morgan fingerprint density at radius 3 is 3.07 bits per heavy atom. The minimum Gasteiger partial charge on any atom is -0.484 e. The van der Waals surface area contributed by atoms with Gasteiger partial charge in [-0.2, -0.15) is 0 Å². The van der Waals surface area contributed by atoms with Gasteiger partial charge in [0.15, 0.2) is 6.61 Å². The van der Waals surface area contributed by atoms with E-state index in [0.717, 1.165) is 38.2 Å². The van der Waals surface area contributed by atoms with Gasteiger partial charge in [-0.15, -0.1) is 5.10 Å². The van der Waals surface area contributed by atoms with Crippen LogP contribution in [0.4, 0.5) is 0 Å². The fraction of sp³-hybridized carbons (Fsp3) is 0.389. The smallest absolute Gasteiger partial charge is 0.260 e. The number of tetrazole rings is 1. The highest BCUT2D eigenvalue weighted by Crippen LogP contribution is 2.19. The number of carbonyl (C=O) groups excluding carboxylic acids is 1. The zero-order chi connectivity index (χ0) is 18.5. The summed E-state index contributed by atoms with van der Waals surface area (Å²) in [6, 6.07) is 7.34. The number of ether oxygens (including phenoxy) is 1. The third-order valence-electron chi connectivity index (χ3n) is 4.69. The molecule has 3 aromatic rings. The number of benzene rings is 1. The van der Waals surface area contributed by atoms with E-state index in [9.17, 15) is 4.79 Å². The number of amides is 1. The first-order valence-electron chi connectivity index (χ1n) is 8.98. The molecule has 0 aliphatic carbocycles. The number of likely N-dealkylation sites (tertiary alicyclic amines) is 1. The molecule has 140 valence electrons. The molecule has 0 N–H and O–H groups in total. The van der Waals surface area contributed by atoms with Gasteiger partial charge in [-0.3, -0.25) is 4.79 Å². The van der Waals surface area contributed by atoms with Crippen molar-refractivity contribution in [3.8, 4) is 11.4 Å². The molecule has 3 heterocycles. The summed E-state index contributed by atoms with van der Waals surface area (Å²) in [6.45, 7) is 2.45. The number of hydrogen-bond donors (Lipinski definition) is 0. The average molecular weight is 367 g/mol. The van der Waals surface area contributed by atoms with Gasteiger partial charge in [0.05, 0.1) is 12.0 Å². The summed E-state index contributed by atoms with van der Waals surface area (Å²) >= 11 is 0. The monoisotopic (exact) mass is 367 g/mol. The van der Waals surface area contributed by atoms with Crippen LogP contribution in [0.3, 0.4) is 0 Å². The van der Waals surface area contributed by atoms with Gasteiger partial charge < -0.3 is 14.2 Å². The van der Waals surface area contributed by atoms with Crippen LogP contribution >= 0.6 is 0 Å². The minimum absolute atomic E-state index is 0.0122. The summed E-state index contributed by atoms with van der Waals surface area (Å²) in [7, 11) is 0. The van der Waals surface area contributed by atoms with Gasteiger partial charge in [0.2, 0.25) is 0 Å². The Bertz CT molecular complexity index is 864. The summed E-state index contributed by atoms with van der Waals surface area (Å²) in [5, 5.41) is 11.1. The number of nitrogens with zero attached hydrogens (tertiary/aromatic N) is 7. The molecule has 9 nitrogen and oxygen atoms in total. The second-order valence-corrected chi connectivity index (χ2v) is 6.65. The molecule has 1 aliphatic heterocycles. The Morgan fingerprint density at radius 2 is 2.26 bits per heavy atom. The van der Waals surface area contributed by atoms with Crippen molar-refractivity contribution in [2.75, 3.05) is 19.7 Å². The van der Waals surface area contributed by atoms with Crippen LogP contribution in [0.25, 0.3) is 5.69 Å². The lowest BCUT2D eigenvalue weighted by Crippen LogP contribution is -2.43. The fourth-order valence-corrected chi connectivity index (χ4v) is 3.37. The van der Waals surface area contributed by atoms with E-state index in [1.54, 1.807) is 10.9 Å². The zero-order valence-corrected chi connectivity index (χ0v) is 14.9. The number of aromatic nitrogens is 6. The molecule has 9 heteroatoms. The number of carbonyl (C=O) groups is 1. The number of hydrogen-bond acceptors (Lipinski definition) is 6. The van der Waals surface area contributed by atoms with Crippen molar-refractivity contribution in [2.45, 2.75) is 19.4 Å². The van der Waals surface area contributed by atoms with E-state index in [4.69, 9.17) is 4.74 Å². The van der Waals surface area contributed by atoms with Crippen molar-refractivity contribution in [2.24, 2.45) is 5.92 Å². The van der Waals surface area contributed by atoms with Crippen LogP contribution < -0.4 is 4.74 Å². The molecule has 27 heavy (non-hydrogen) atoms. The minimum atomic E-state index is 0.0122. The second-order valence-electron chi connectivity index (χ2n) is 6.65. The molecule has 0 radical (unpaired) electrons. The van der Waals surface area contributed by atoms with Crippen LogP contribution in [0.15, 0.2) is 49.3 Å². The Balaban J connectivity index is 1.32. The maximum absolute atomic E-state index is 12.6. The van der Waals surface area contributed by atoms with Crippen LogP contribution in [-0.4, -0.2) is 60.3 Å². The molecular formula is C18H21N7O2. The van der Waals surface area contributed by atoms with E-state index in [0.29, 0.717) is 11.7 Å². The first-order chi connectivity index (χ1) is 13.3. The topological polar surface area (TPSA) is 91.0 Å². The Hall–Kier alpha value is -3.23. The summed E-state index contributed by atoms with van der Waals surface area (Å²) in [4.78, 5) is 18.6. The zero-order valence-electron chi connectivity index (χ0n) is 14.9. The Labute approximate surface area is 156 Å². The fourth-order valence-electron chi connectivity index (χ4n) is 3.37. The normalized spacial score (nSPS) is 17.0. The first kappa shape index (κ1) is 17.2. The summed E-state index contributed by atoms with van der Waals surface area (Å²) in [5.74, 6) is 1.07. The van der Waals surface area contributed by atoms with Gasteiger partial charge in [0.1, 0.15) is 12.1 Å². The van der Waals surface area contributed by atoms with Crippen molar-refractivity contribution in [1.29, 1.82) is 0 Å². The molecule has 0 spiro atoms. The van der Waals surface area contributed by atoms with E-state index in [1.807, 2.05) is 41.7 Å². The molecule has 1 fully saturated rings. The van der Waals surface area contributed by atoms with E-state index >= 15 is 0 Å². The molecule has 1 saturated heterocycles. The third-order valence-corrected chi connectivity index (χ3v) is 4.69. The molecule has 1 unspecified atom stereocenters. The SMILES string of the molecule is O=C(COc1cccc(-n2cnnn2)c1)N1CCCC(Cn2ccnc2)C1. The number of imidazole rings is 1. The summed E-state index contributed by atoms with van der Waals surface area (Å²) in [5.41, 5.74) is 0.781. The molecule has 1 amide bonds. The molecule has 0 saturated carbocycles. The van der Waals surface area contributed by atoms with Crippen molar-refractivity contribution in [3.05, 3.63) is 49.3 Å². The third kappa shape index (κ3) is 4.30. The van der Waals surface area contributed by atoms with E-state index in [2.05, 4.69) is 25.1 Å². The summed E-state index contributed by atoms with van der Waals surface area (Å²) in [6.07, 6.45) is 9.21. The maximum atomic E-state index is 12.6. The van der Waals surface area contributed by atoms with Crippen LogP contribution in [0, 0.1) is 5.92 Å². The van der Waals surface area contributed by atoms with E-state index in [-0.39, 0.29) is 12.5 Å². The quantitative estimate of drug-likeness (QED) is 0.650. The lowest BCUT2D eigenvalue weighted by molar-refractivity contribution is -0.135. The summed E-state index contributed by atoms with van der Waals surface area (Å²) < 4.78 is 9.32. The molecule has 4 rings (SSSR count). The second kappa shape index (κ2) is 7.98. The van der Waals surface area contributed by atoms with Gasteiger partial charge in [-0.25, -0.2) is 9.67 Å². The van der Waals surface area contributed by atoms with Crippen molar-refractivity contribution in [1.82, 2.24) is 34.7 Å². The maximum Gasteiger partial charge on any atom is 0.260 e. The Morgan fingerprint density at radius 1 is 1.30 bits per heavy atom. The van der Waals surface area contributed by atoms with Crippen molar-refractivity contribution in [3.63, 3.8) is 0 Å². The Kier molecular flexibility index (Phi) is 5.08. The van der Waals surface area contributed by atoms with E-state index in [1.165, 1.54) is 6.33 Å². The van der Waals surface area contributed by atoms with Gasteiger partial charge in [0.25, 0.3) is 5.91 Å². The van der Waals surface area contributed by atoms with Gasteiger partial charge in [-0.05, 0) is 41.3 Å². The van der Waals surface area contributed by atoms with Crippen molar-refractivity contribution < 1.29 is 9.53 Å². The number of rotatable bonds is 6. The molecule has 2 aromatic heterocycles. The lowest BCUT2D eigenvalue weighted by Gasteiger charge is -2.32. The molecular weight excluding hydrogens is 346 g/mol. The predicted octanol–water partition coefficient (Wildman–Crippen LogP) is 1.18. The largest absolute Gasteiger partial charge is 0.484 e. The highest BCUT2D eigenvalue weighted by Gasteiger charge is 2.24.